The molecule has 1 aliphatic carbocycles. The van der Waals surface area contributed by atoms with E-state index in [0.717, 1.165) is 12.5 Å². The normalized spacial score (nSPS) is 24.0. The van der Waals surface area contributed by atoms with Crippen molar-refractivity contribution in [1.82, 2.24) is 10.2 Å². The lowest BCUT2D eigenvalue weighted by molar-refractivity contribution is 0.190. The minimum Gasteiger partial charge on any atom is -0.312 e. The Morgan fingerprint density at radius 3 is 2.81 bits per heavy atom. The van der Waals surface area contributed by atoms with Crippen molar-refractivity contribution in [2.24, 2.45) is 5.92 Å². The molecule has 3 rings (SSSR count). The Morgan fingerprint density at radius 2 is 2.00 bits per heavy atom. The van der Waals surface area contributed by atoms with Crippen molar-refractivity contribution in [3.05, 3.63) is 33.8 Å². The van der Waals surface area contributed by atoms with Gasteiger partial charge in [0.2, 0.25) is 0 Å². The molecule has 1 atom stereocenters. The molecule has 2 nitrogen and oxygen atoms in total. The van der Waals surface area contributed by atoms with Gasteiger partial charge in [0.05, 0.1) is 0 Å². The van der Waals surface area contributed by atoms with Crippen LogP contribution in [0.15, 0.2) is 22.7 Å². The molecule has 0 bridgehead atoms. The highest BCUT2D eigenvalue weighted by Crippen LogP contribution is 2.24. The summed E-state index contributed by atoms with van der Waals surface area (Å²) in [5.74, 6) is 0.934. The van der Waals surface area contributed by atoms with Crippen LogP contribution >= 0.6 is 15.9 Å². The summed E-state index contributed by atoms with van der Waals surface area (Å²) < 4.78 is 1.21. The minimum atomic E-state index is 0.669. The number of piperidine rings is 1. The molecule has 0 amide bonds. The first-order valence-corrected chi connectivity index (χ1v) is 9.23. The van der Waals surface area contributed by atoms with Crippen molar-refractivity contribution >= 4 is 15.9 Å². The van der Waals surface area contributed by atoms with Gasteiger partial charge in [-0.1, -0.05) is 28.9 Å². The van der Waals surface area contributed by atoms with Gasteiger partial charge in [-0.3, -0.25) is 0 Å². The molecule has 3 heteroatoms. The molecule has 116 valence electrons. The molecule has 1 N–H and O–H groups in total. The maximum atomic E-state index is 3.78. The Morgan fingerprint density at radius 1 is 1.19 bits per heavy atom. The van der Waals surface area contributed by atoms with E-state index in [1.165, 1.54) is 67.3 Å². The maximum absolute atomic E-state index is 3.78. The summed E-state index contributed by atoms with van der Waals surface area (Å²) in [6.07, 6.45) is 6.45. The fourth-order valence-corrected chi connectivity index (χ4v) is 4.02. The third-order valence-electron chi connectivity index (χ3n) is 5.13. The van der Waals surface area contributed by atoms with Crippen LogP contribution in [0, 0.1) is 5.92 Å². The summed E-state index contributed by atoms with van der Waals surface area (Å²) >= 11 is 3.57. The lowest BCUT2D eigenvalue weighted by Crippen LogP contribution is -2.42. The van der Waals surface area contributed by atoms with Gasteiger partial charge in [0.1, 0.15) is 0 Å². The van der Waals surface area contributed by atoms with Crippen LogP contribution in [0.3, 0.4) is 0 Å². The quantitative estimate of drug-likeness (QED) is 0.891. The Hall–Kier alpha value is -0.380. The zero-order chi connectivity index (χ0) is 14.7. The monoisotopic (exact) mass is 350 g/mol. The van der Waals surface area contributed by atoms with E-state index in [1.54, 1.807) is 0 Å². The molecular weight excluding hydrogens is 324 g/mol. The summed E-state index contributed by atoms with van der Waals surface area (Å²) in [4.78, 5) is 2.63. The molecule has 0 aromatic heterocycles. The summed E-state index contributed by atoms with van der Waals surface area (Å²) in [7, 11) is 0. The maximum Gasteiger partial charge on any atom is 0.0178 e. The van der Waals surface area contributed by atoms with Gasteiger partial charge in [-0.05, 0) is 74.4 Å². The number of aryl methyl sites for hydroxylation is 1. The van der Waals surface area contributed by atoms with Crippen LogP contribution in [0.1, 0.15) is 37.3 Å². The average molecular weight is 351 g/mol. The van der Waals surface area contributed by atoms with E-state index in [9.17, 15) is 0 Å². The summed E-state index contributed by atoms with van der Waals surface area (Å²) in [5, 5.41) is 3.78. The van der Waals surface area contributed by atoms with Gasteiger partial charge >= 0.3 is 0 Å². The van der Waals surface area contributed by atoms with Gasteiger partial charge in [-0.2, -0.15) is 0 Å². The van der Waals surface area contributed by atoms with E-state index in [0.29, 0.717) is 6.04 Å². The molecule has 0 saturated carbocycles. The summed E-state index contributed by atoms with van der Waals surface area (Å²) in [6, 6.07) is 7.43. The second kappa shape index (κ2) is 7.26. The number of likely N-dealkylation sites (tertiary alicyclic amines) is 1. The molecular formula is C18H27BrN2. The first-order chi connectivity index (χ1) is 10.2. The first kappa shape index (κ1) is 15.5. The highest BCUT2D eigenvalue weighted by molar-refractivity contribution is 9.10. The van der Waals surface area contributed by atoms with Crippen LogP contribution in [0.4, 0.5) is 0 Å². The van der Waals surface area contributed by atoms with Crippen molar-refractivity contribution in [2.75, 3.05) is 26.2 Å². The Labute approximate surface area is 137 Å². The van der Waals surface area contributed by atoms with Crippen molar-refractivity contribution in [3.8, 4) is 0 Å². The smallest absolute Gasteiger partial charge is 0.0178 e. The molecule has 1 fully saturated rings. The first-order valence-electron chi connectivity index (χ1n) is 8.44. The van der Waals surface area contributed by atoms with Gasteiger partial charge in [-0.25, -0.2) is 0 Å². The fraction of sp³-hybridized carbons (Fsp3) is 0.667. The predicted molar refractivity (Wildman–Crippen MR) is 92.8 cm³/mol. The zero-order valence-electron chi connectivity index (χ0n) is 13.1. The molecule has 1 saturated heterocycles. The molecule has 1 aromatic rings. The highest BCUT2D eigenvalue weighted by Gasteiger charge is 2.19. The third-order valence-corrected chi connectivity index (χ3v) is 5.63. The van der Waals surface area contributed by atoms with Gasteiger partial charge in [0, 0.05) is 23.6 Å². The zero-order valence-corrected chi connectivity index (χ0v) is 14.7. The second-order valence-corrected chi connectivity index (χ2v) is 7.75. The third kappa shape index (κ3) is 4.30. The van der Waals surface area contributed by atoms with E-state index in [-0.39, 0.29) is 0 Å². The molecule has 0 radical (unpaired) electrons. The molecule has 1 heterocycles. The van der Waals surface area contributed by atoms with E-state index in [1.807, 2.05) is 0 Å². The lowest BCUT2D eigenvalue weighted by Gasteiger charge is -2.31. The predicted octanol–water partition coefficient (Wildman–Crippen LogP) is 3.63. The molecule has 1 aromatic carbocycles. The average Bonchev–Trinajstić information content (AvgIpc) is 2.49. The van der Waals surface area contributed by atoms with Gasteiger partial charge in [0.25, 0.3) is 0 Å². The lowest BCUT2D eigenvalue weighted by atomic mass is 9.88. The number of halogens is 1. The number of hydrogen-bond donors (Lipinski definition) is 1. The van der Waals surface area contributed by atoms with Gasteiger partial charge in [0.15, 0.2) is 0 Å². The minimum absolute atomic E-state index is 0.669. The highest BCUT2D eigenvalue weighted by atomic mass is 79.9. The fourth-order valence-electron chi connectivity index (χ4n) is 3.61. The van der Waals surface area contributed by atoms with Crippen molar-refractivity contribution in [1.29, 1.82) is 0 Å². The number of nitrogens with one attached hydrogen (secondary N) is 1. The van der Waals surface area contributed by atoms with Gasteiger partial charge in [-0.15, -0.1) is 0 Å². The van der Waals surface area contributed by atoms with E-state index in [2.05, 4.69) is 51.3 Å². The SMILES string of the molecule is CC1CCN(CCNC2CCc3cc(Br)ccc3C2)CC1. The number of nitrogens with zero attached hydrogens (tertiary/aromatic N) is 1. The van der Waals surface area contributed by atoms with Crippen molar-refractivity contribution in [2.45, 2.75) is 45.1 Å². The van der Waals surface area contributed by atoms with Crippen LogP contribution in [-0.4, -0.2) is 37.1 Å². The molecule has 21 heavy (non-hydrogen) atoms. The number of benzene rings is 1. The van der Waals surface area contributed by atoms with Crippen LogP contribution in [-0.2, 0) is 12.8 Å². The Kier molecular flexibility index (Phi) is 5.36. The van der Waals surface area contributed by atoms with E-state index < -0.39 is 0 Å². The van der Waals surface area contributed by atoms with E-state index >= 15 is 0 Å². The topological polar surface area (TPSA) is 15.3 Å². The summed E-state index contributed by atoms with van der Waals surface area (Å²) in [6.45, 7) is 7.34. The van der Waals surface area contributed by atoms with Gasteiger partial charge < -0.3 is 10.2 Å². The molecule has 1 aliphatic heterocycles. The Bertz CT molecular complexity index is 466. The molecule has 0 spiro atoms. The Balaban J connectivity index is 1.42. The van der Waals surface area contributed by atoms with Crippen molar-refractivity contribution < 1.29 is 0 Å². The number of fused-ring (bicyclic) bond motifs is 1. The second-order valence-electron chi connectivity index (χ2n) is 6.83. The molecule has 1 unspecified atom stereocenters. The van der Waals surface area contributed by atoms with Crippen molar-refractivity contribution in [3.63, 3.8) is 0 Å². The van der Waals surface area contributed by atoms with Crippen LogP contribution in [0.25, 0.3) is 0 Å². The summed E-state index contributed by atoms with van der Waals surface area (Å²) in [5.41, 5.74) is 3.07. The van der Waals surface area contributed by atoms with Crippen LogP contribution in [0.2, 0.25) is 0 Å². The standard InChI is InChI=1S/C18H27BrN2/c1-14-6-9-21(10-7-14)11-8-20-18-5-3-15-12-17(19)4-2-16(15)13-18/h2,4,12,14,18,20H,3,5-11,13H2,1H3. The van der Waals surface area contributed by atoms with E-state index in [4.69, 9.17) is 0 Å². The largest absolute Gasteiger partial charge is 0.312 e. The van der Waals surface area contributed by atoms with Crippen LogP contribution < -0.4 is 5.32 Å². The number of hydrogen-bond acceptors (Lipinski definition) is 2. The van der Waals surface area contributed by atoms with Crippen LogP contribution in [0.5, 0.6) is 0 Å². The number of rotatable bonds is 4. The molecule has 2 aliphatic rings.